The number of anilines is 2. The second-order valence-electron chi connectivity index (χ2n) is 7.26. The van der Waals surface area contributed by atoms with Crippen LogP contribution in [0.1, 0.15) is 50.7 Å². The Kier molecular flexibility index (Phi) is 7.56. The Hall–Kier alpha value is -2.42. The van der Waals surface area contributed by atoms with Crippen molar-refractivity contribution in [1.29, 1.82) is 0 Å². The molecule has 0 aliphatic rings. The zero-order valence-electron chi connectivity index (χ0n) is 16.9. The maximum Gasteiger partial charge on any atom is 0.330 e. The maximum atomic E-state index is 13.0. The summed E-state index contributed by atoms with van der Waals surface area (Å²) < 4.78 is 1.34. The smallest absolute Gasteiger partial charge is 0.330 e. The van der Waals surface area contributed by atoms with Gasteiger partial charge in [-0.05, 0) is 25.7 Å². The molecule has 2 aromatic heterocycles. The minimum Gasteiger partial charge on any atom is -0.383 e. The fraction of sp³-hybridized carbons (Fsp3) is 0.579. The highest BCUT2D eigenvalue weighted by Crippen LogP contribution is 2.20. The lowest BCUT2D eigenvalue weighted by Crippen LogP contribution is -2.42. The fourth-order valence-electron chi connectivity index (χ4n) is 2.86. The van der Waals surface area contributed by atoms with Crippen LogP contribution in [-0.2, 0) is 17.8 Å². The number of carbonyl (C=O) groups excluding carboxylic acids is 1. The predicted molar refractivity (Wildman–Crippen MR) is 113 cm³/mol. The lowest BCUT2D eigenvalue weighted by molar-refractivity contribution is -0.118. The lowest BCUT2D eigenvalue weighted by atomic mass is 10.1. The van der Waals surface area contributed by atoms with Crippen molar-refractivity contribution in [2.24, 2.45) is 5.92 Å². The van der Waals surface area contributed by atoms with Gasteiger partial charge >= 0.3 is 5.69 Å². The number of H-pyrrole nitrogens is 1. The van der Waals surface area contributed by atoms with Crippen molar-refractivity contribution in [2.75, 3.05) is 17.2 Å². The van der Waals surface area contributed by atoms with Crippen molar-refractivity contribution < 1.29 is 4.79 Å². The quantitative estimate of drug-likeness (QED) is 0.662. The van der Waals surface area contributed by atoms with E-state index in [0.29, 0.717) is 31.1 Å². The molecule has 0 saturated carbocycles. The van der Waals surface area contributed by atoms with E-state index in [-0.39, 0.29) is 23.8 Å². The second-order valence-corrected chi connectivity index (χ2v) is 8.32. The van der Waals surface area contributed by atoms with E-state index in [1.165, 1.54) is 20.8 Å². The van der Waals surface area contributed by atoms with Crippen LogP contribution in [0.15, 0.2) is 15.0 Å². The molecule has 0 unspecified atom stereocenters. The Balaban J connectivity index is 2.45. The van der Waals surface area contributed by atoms with E-state index in [9.17, 15) is 14.4 Å². The van der Waals surface area contributed by atoms with Gasteiger partial charge in [0, 0.05) is 18.5 Å². The number of thiazole rings is 1. The molecule has 154 valence electrons. The van der Waals surface area contributed by atoms with Crippen molar-refractivity contribution in [3.8, 4) is 0 Å². The molecule has 0 radical (unpaired) electrons. The number of aryl methyl sites for hydroxylation is 1. The topological polar surface area (TPSA) is 114 Å². The predicted octanol–water partition coefficient (Wildman–Crippen LogP) is 2.31. The molecule has 28 heavy (non-hydrogen) atoms. The zero-order chi connectivity index (χ0) is 20.8. The summed E-state index contributed by atoms with van der Waals surface area (Å²) >= 11 is 1.47. The third-order valence-electron chi connectivity index (χ3n) is 4.45. The Morgan fingerprint density at radius 1 is 1.39 bits per heavy atom. The van der Waals surface area contributed by atoms with Crippen LogP contribution in [0.5, 0.6) is 0 Å². The summed E-state index contributed by atoms with van der Waals surface area (Å²) in [5, 5.41) is 2.71. The van der Waals surface area contributed by atoms with E-state index >= 15 is 0 Å². The average Bonchev–Trinajstić information content (AvgIpc) is 3.01. The number of nitrogens with two attached hydrogens (primary N) is 1. The van der Waals surface area contributed by atoms with Crippen molar-refractivity contribution in [3.05, 3.63) is 36.9 Å². The summed E-state index contributed by atoms with van der Waals surface area (Å²) in [6.45, 7) is 8.70. The number of rotatable bonds is 9. The molecule has 0 aromatic carbocycles. The van der Waals surface area contributed by atoms with E-state index in [1.54, 1.807) is 0 Å². The summed E-state index contributed by atoms with van der Waals surface area (Å²) in [4.78, 5) is 45.9. The molecule has 0 aliphatic heterocycles. The molecular weight excluding hydrogens is 378 g/mol. The molecule has 2 aromatic rings. The zero-order valence-corrected chi connectivity index (χ0v) is 17.8. The van der Waals surface area contributed by atoms with Crippen molar-refractivity contribution in [1.82, 2.24) is 14.5 Å². The molecule has 3 N–H and O–H groups in total. The molecule has 0 saturated heterocycles. The highest BCUT2D eigenvalue weighted by atomic mass is 32.1. The van der Waals surface area contributed by atoms with Crippen LogP contribution in [0.4, 0.5) is 11.5 Å². The van der Waals surface area contributed by atoms with Gasteiger partial charge in [-0.2, -0.15) is 0 Å². The van der Waals surface area contributed by atoms with Gasteiger partial charge in [-0.15, -0.1) is 11.3 Å². The average molecular weight is 408 g/mol. The van der Waals surface area contributed by atoms with Crippen LogP contribution in [0.3, 0.4) is 0 Å². The van der Waals surface area contributed by atoms with E-state index in [2.05, 4.69) is 9.97 Å². The van der Waals surface area contributed by atoms with Gasteiger partial charge in [0.25, 0.3) is 5.56 Å². The summed E-state index contributed by atoms with van der Waals surface area (Å²) in [7, 11) is 0. The van der Waals surface area contributed by atoms with Crippen LogP contribution in [0.2, 0.25) is 0 Å². The summed E-state index contributed by atoms with van der Waals surface area (Å²) in [5.41, 5.74) is 5.73. The number of amides is 1. The largest absolute Gasteiger partial charge is 0.383 e. The van der Waals surface area contributed by atoms with Gasteiger partial charge < -0.3 is 10.6 Å². The number of nitrogens with one attached hydrogen (secondary N) is 1. The number of hydrogen-bond donors (Lipinski definition) is 2. The standard InChI is InChI=1S/C19H29N5O3S/c1-5-6-8-24-17(20)16(18(26)22-19(24)27)23(9-7-12(2)3)15(25)10-14-11-28-13(4)21-14/h11-12H,5-10,20H2,1-4H3,(H,22,26,27). The van der Waals surface area contributed by atoms with Crippen molar-refractivity contribution >= 4 is 28.7 Å². The summed E-state index contributed by atoms with van der Waals surface area (Å²) in [6, 6.07) is 0. The van der Waals surface area contributed by atoms with Crippen LogP contribution in [0, 0.1) is 12.8 Å². The third-order valence-corrected chi connectivity index (χ3v) is 5.27. The van der Waals surface area contributed by atoms with Gasteiger partial charge in [0.05, 0.1) is 17.1 Å². The number of unbranched alkanes of at least 4 members (excludes halogenated alkanes) is 1. The second kappa shape index (κ2) is 9.68. The summed E-state index contributed by atoms with van der Waals surface area (Å²) in [5.74, 6) is 0.112. The van der Waals surface area contributed by atoms with Gasteiger partial charge in [0.2, 0.25) is 5.91 Å². The van der Waals surface area contributed by atoms with E-state index in [4.69, 9.17) is 5.73 Å². The molecule has 0 aliphatic carbocycles. The first-order valence-corrected chi connectivity index (χ1v) is 10.5. The van der Waals surface area contributed by atoms with Gasteiger partial charge in [-0.3, -0.25) is 19.1 Å². The van der Waals surface area contributed by atoms with Crippen LogP contribution in [0.25, 0.3) is 0 Å². The maximum absolute atomic E-state index is 13.0. The van der Waals surface area contributed by atoms with Crippen LogP contribution < -0.4 is 21.9 Å². The van der Waals surface area contributed by atoms with Gasteiger partial charge in [-0.1, -0.05) is 27.2 Å². The monoisotopic (exact) mass is 407 g/mol. The number of aromatic nitrogens is 3. The number of hydrogen-bond acceptors (Lipinski definition) is 6. The molecule has 1 amide bonds. The van der Waals surface area contributed by atoms with E-state index < -0.39 is 11.2 Å². The van der Waals surface area contributed by atoms with E-state index in [0.717, 1.165) is 17.8 Å². The Morgan fingerprint density at radius 2 is 2.11 bits per heavy atom. The first-order chi connectivity index (χ1) is 13.2. The Morgan fingerprint density at radius 3 is 2.68 bits per heavy atom. The number of nitrogen functional groups attached to an aromatic ring is 1. The molecule has 0 fully saturated rings. The third kappa shape index (κ3) is 5.31. The SMILES string of the molecule is CCCCn1c(N)c(N(CCC(C)C)C(=O)Cc2csc(C)n2)c(=O)[nH]c1=O. The fourth-order valence-corrected chi connectivity index (χ4v) is 3.48. The Bertz CT molecular complexity index is 928. The van der Waals surface area contributed by atoms with Crippen molar-refractivity contribution in [3.63, 3.8) is 0 Å². The number of carbonyl (C=O) groups is 1. The first-order valence-electron chi connectivity index (χ1n) is 9.58. The lowest BCUT2D eigenvalue weighted by Gasteiger charge is -2.25. The highest BCUT2D eigenvalue weighted by Gasteiger charge is 2.25. The molecule has 0 spiro atoms. The van der Waals surface area contributed by atoms with Crippen LogP contribution in [-0.4, -0.2) is 27.0 Å². The number of nitrogens with zero attached hydrogens (tertiary/aromatic N) is 3. The summed E-state index contributed by atoms with van der Waals surface area (Å²) in [6.07, 6.45) is 2.40. The van der Waals surface area contributed by atoms with Crippen molar-refractivity contribution in [2.45, 2.75) is 59.9 Å². The minimum absolute atomic E-state index is 0.0359. The first kappa shape index (κ1) is 21.9. The normalized spacial score (nSPS) is 11.2. The molecule has 9 heteroatoms. The van der Waals surface area contributed by atoms with E-state index in [1.807, 2.05) is 33.1 Å². The molecule has 2 heterocycles. The molecule has 2 rings (SSSR count). The van der Waals surface area contributed by atoms with Crippen LogP contribution >= 0.6 is 11.3 Å². The molecule has 8 nitrogen and oxygen atoms in total. The van der Waals surface area contributed by atoms with Gasteiger partial charge in [-0.25, -0.2) is 9.78 Å². The molecule has 0 atom stereocenters. The number of aromatic amines is 1. The minimum atomic E-state index is -0.637. The van der Waals surface area contributed by atoms with Gasteiger partial charge in [0.15, 0.2) is 5.69 Å². The Labute approximate surface area is 168 Å². The molecular formula is C19H29N5O3S. The highest BCUT2D eigenvalue weighted by molar-refractivity contribution is 7.09. The van der Waals surface area contributed by atoms with Gasteiger partial charge in [0.1, 0.15) is 5.82 Å². The molecule has 0 bridgehead atoms.